The van der Waals surface area contributed by atoms with Gasteiger partial charge in [-0.2, -0.15) is 0 Å². The minimum Gasteiger partial charge on any atom is -0.296 e. The SMILES string of the molecule is CCCCCCCCCCCCCC[N+](C)(C)c1ccc(C)cc1. The van der Waals surface area contributed by atoms with Crippen LogP contribution >= 0.6 is 0 Å². The van der Waals surface area contributed by atoms with Crippen molar-refractivity contribution in [2.75, 3.05) is 20.6 Å². The third-order valence-corrected chi connectivity index (χ3v) is 5.30. The molecule has 0 aromatic heterocycles. The van der Waals surface area contributed by atoms with Crippen LogP contribution in [0.2, 0.25) is 0 Å². The Morgan fingerprint density at radius 2 is 1.04 bits per heavy atom. The zero-order chi connectivity index (χ0) is 17.7. The van der Waals surface area contributed by atoms with Crippen LogP contribution in [0.4, 0.5) is 5.69 Å². The lowest BCUT2D eigenvalue weighted by molar-refractivity contribution is 0.380. The first-order valence-electron chi connectivity index (χ1n) is 10.5. The predicted octanol–water partition coefficient (Wildman–Crippen LogP) is 7.26. The number of rotatable bonds is 14. The highest BCUT2D eigenvalue weighted by Gasteiger charge is 2.17. The number of aryl methyl sites for hydroxylation is 1. The van der Waals surface area contributed by atoms with E-state index in [1.165, 1.54) is 94.8 Å². The molecule has 0 saturated heterocycles. The average molecular weight is 333 g/mol. The Balaban J connectivity index is 1.99. The Morgan fingerprint density at radius 3 is 1.50 bits per heavy atom. The van der Waals surface area contributed by atoms with Gasteiger partial charge in [0.05, 0.1) is 20.6 Å². The molecule has 0 N–H and O–H groups in total. The van der Waals surface area contributed by atoms with Gasteiger partial charge in [0.15, 0.2) is 0 Å². The van der Waals surface area contributed by atoms with Crippen LogP contribution < -0.4 is 4.48 Å². The lowest BCUT2D eigenvalue weighted by Crippen LogP contribution is -2.41. The van der Waals surface area contributed by atoms with Gasteiger partial charge in [-0.1, -0.05) is 88.8 Å². The van der Waals surface area contributed by atoms with E-state index in [-0.39, 0.29) is 0 Å². The molecule has 24 heavy (non-hydrogen) atoms. The van der Waals surface area contributed by atoms with Crippen molar-refractivity contribution in [3.05, 3.63) is 29.8 Å². The number of hydrogen-bond acceptors (Lipinski definition) is 0. The molecule has 0 spiro atoms. The van der Waals surface area contributed by atoms with Crippen molar-refractivity contribution in [1.82, 2.24) is 4.48 Å². The molecule has 1 aromatic carbocycles. The first kappa shape index (κ1) is 21.2. The van der Waals surface area contributed by atoms with E-state index in [1.807, 2.05) is 0 Å². The molecule has 0 amide bonds. The highest BCUT2D eigenvalue weighted by atomic mass is 15.3. The molecule has 0 aliphatic carbocycles. The van der Waals surface area contributed by atoms with Crippen molar-refractivity contribution in [1.29, 1.82) is 0 Å². The third kappa shape index (κ3) is 9.47. The molecule has 0 atom stereocenters. The van der Waals surface area contributed by atoms with Gasteiger partial charge in [-0.15, -0.1) is 0 Å². The summed E-state index contributed by atoms with van der Waals surface area (Å²) >= 11 is 0. The fraction of sp³-hybridized carbons (Fsp3) is 0.739. The normalized spacial score (nSPS) is 11.8. The van der Waals surface area contributed by atoms with Gasteiger partial charge in [0.25, 0.3) is 0 Å². The van der Waals surface area contributed by atoms with Crippen molar-refractivity contribution in [2.24, 2.45) is 0 Å². The second-order valence-electron chi connectivity index (χ2n) is 8.13. The molecule has 0 heterocycles. The van der Waals surface area contributed by atoms with E-state index in [0.29, 0.717) is 0 Å². The summed E-state index contributed by atoms with van der Waals surface area (Å²) in [6, 6.07) is 9.04. The van der Waals surface area contributed by atoms with Crippen molar-refractivity contribution < 1.29 is 0 Å². The van der Waals surface area contributed by atoms with Gasteiger partial charge in [0.1, 0.15) is 5.69 Å². The monoisotopic (exact) mass is 332 g/mol. The van der Waals surface area contributed by atoms with E-state index in [2.05, 4.69) is 52.2 Å². The highest BCUT2D eigenvalue weighted by molar-refractivity contribution is 5.42. The summed E-state index contributed by atoms with van der Waals surface area (Å²) in [6.07, 6.45) is 17.1. The van der Waals surface area contributed by atoms with Crippen molar-refractivity contribution in [2.45, 2.75) is 90.9 Å². The summed E-state index contributed by atoms with van der Waals surface area (Å²) in [5.74, 6) is 0. The smallest absolute Gasteiger partial charge is 0.132 e. The van der Waals surface area contributed by atoms with Crippen LogP contribution in [0.1, 0.15) is 89.5 Å². The van der Waals surface area contributed by atoms with E-state index in [4.69, 9.17) is 0 Å². The average Bonchev–Trinajstić information content (AvgIpc) is 2.56. The molecule has 0 bridgehead atoms. The summed E-state index contributed by atoms with van der Waals surface area (Å²) in [7, 11) is 4.67. The molecule has 1 rings (SSSR count). The summed E-state index contributed by atoms with van der Waals surface area (Å²) in [5.41, 5.74) is 2.78. The van der Waals surface area contributed by atoms with Gasteiger partial charge >= 0.3 is 0 Å². The molecule has 0 radical (unpaired) electrons. The first-order chi connectivity index (χ1) is 11.6. The van der Waals surface area contributed by atoms with Gasteiger partial charge < -0.3 is 0 Å². The first-order valence-corrected chi connectivity index (χ1v) is 10.5. The molecule has 138 valence electrons. The summed E-state index contributed by atoms with van der Waals surface area (Å²) in [4.78, 5) is 0. The highest BCUT2D eigenvalue weighted by Crippen LogP contribution is 2.20. The maximum Gasteiger partial charge on any atom is 0.132 e. The van der Waals surface area contributed by atoms with Crippen LogP contribution in [-0.4, -0.2) is 20.6 Å². The molecule has 0 saturated carbocycles. The van der Waals surface area contributed by atoms with Crippen LogP contribution in [0.15, 0.2) is 24.3 Å². The number of quaternary nitrogens is 1. The Kier molecular flexibility index (Phi) is 11.1. The molecule has 0 unspecified atom stereocenters. The van der Waals surface area contributed by atoms with Crippen LogP contribution in [0.3, 0.4) is 0 Å². The lowest BCUT2D eigenvalue weighted by atomic mass is 10.1. The summed E-state index contributed by atoms with van der Waals surface area (Å²) in [6.45, 7) is 5.70. The quantitative estimate of drug-likeness (QED) is 0.248. The van der Waals surface area contributed by atoms with E-state index in [1.54, 1.807) is 0 Å². The van der Waals surface area contributed by atoms with E-state index >= 15 is 0 Å². The van der Waals surface area contributed by atoms with E-state index in [0.717, 1.165) is 4.48 Å². The predicted molar refractivity (Wildman–Crippen MR) is 111 cm³/mol. The standard InChI is InChI=1S/C23H42N/c1-5-6-7-8-9-10-11-12-13-14-15-16-21-24(3,4)23-19-17-22(2)18-20-23/h17-20H,5-16,21H2,1-4H3/q+1. The summed E-state index contributed by atoms with van der Waals surface area (Å²) < 4.78 is 1.01. The molecule has 1 heteroatoms. The zero-order valence-electron chi connectivity index (χ0n) is 16.9. The second kappa shape index (κ2) is 12.5. The fourth-order valence-corrected chi connectivity index (χ4v) is 3.43. The largest absolute Gasteiger partial charge is 0.296 e. The maximum absolute atomic E-state index is 2.34. The number of benzene rings is 1. The molecule has 0 fully saturated rings. The fourth-order valence-electron chi connectivity index (χ4n) is 3.43. The number of hydrogen-bond donors (Lipinski definition) is 0. The number of unbranched alkanes of at least 4 members (excludes halogenated alkanes) is 11. The van der Waals surface area contributed by atoms with Gasteiger partial charge in [0, 0.05) is 0 Å². The van der Waals surface area contributed by atoms with E-state index in [9.17, 15) is 0 Å². The Hall–Kier alpha value is -0.820. The molecule has 1 aromatic rings. The second-order valence-corrected chi connectivity index (χ2v) is 8.13. The van der Waals surface area contributed by atoms with Crippen molar-refractivity contribution in [3.63, 3.8) is 0 Å². The van der Waals surface area contributed by atoms with Crippen LogP contribution in [0, 0.1) is 6.92 Å². The van der Waals surface area contributed by atoms with Gasteiger partial charge in [-0.3, -0.25) is 4.48 Å². The molecular formula is C23H42N+. The van der Waals surface area contributed by atoms with Crippen molar-refractivity contribution in [3.8, 4) is 0 Å². The van der Waals surface area contributed by atoms with Crippen LogP contribution in [0.5, 0.6) is 0 Å². The van der Waals surface area contributed by atoms with Gasteiger partial charge in [-0.05, 0) is 31.9 Å². The Labute approximate surface area is 152 Å². The van der Waals surface area contributed by atoms with E-state index < -0.39 is 0 Å². The zero-order valence-corrected chi connectivity index (χ0v) is 16.9. The molecule has 0 aliphatic rings. The Morgan fingerprint density at radius 1 is 0.625 bits per heavy atom. The minimum atomic E-state index is 1.01. The minimum absolute atomic E-state index is 1.01. The number of nitrogens with zero attached hydrogens (tertiary/aromatic N) is 1. The van der Waals surface area contributed by atoms with Crippen LogP contribution in [-0.2, 0) is 0 Å². The Bertz CT molecular complexity index is 405. The maximum atomic E-state index is 2.34. The third-order valence-electron chi connectivity index (χ3n) is 5.30. The molecular weight excluding hydrogens is 290 g/mol. The topological polar surface area (TPSA) is 0 Å². The summed E-state index contributed by atoms with van der Waals surface area (Å²) in [5, 5.41) is 0. The van der Waals surface area contributed by atoms with Gasteiger partial charge in [0.2, 0.25) is 0 Å². The van der Waals surface area contributed by atoms with Crippen LogP contribution in [0.25, 0.3) is 0 Å². The van der Waals surface area contributed by atoms with Crippen molar-refractivity contribution >= 4 is 5.69 Å². The molecule has 1 nitrogen and oxygen atoms in total. The molecule has 0 aliphatic heterocycles. The lowest BCUT2D eigenvalue weighted by Gasteiger charge is -2.29. The van der Waals surface area contributed by atoms with Gasteiger partial charge in [-0.25, -0.2) is 0 Å².